The SMILES string of the molecule is CCNC(=S)NNC(=O)CCS(=O)(=O)c1ccc(C)cc1. The molecule has 0 saturated heterocycles. The van der Waals surface area contributed by atoms with Gasteiger partial charge in [-0.3, -0.25) is 15.6 Å². The quantitative estimate of drug-likeness (QED) is 0.544. The maximum absolute atomic E-state index is 12.1. The Labute approximate surface area is 130 Å². The molecule has 0 aliphatic rings. The Morgan fingerprint density at radius 2 is 1.81 bits per heavy atom. The summed E-state index contributed by atoms with van der Waals surface area (Å²) in [6.07, 6.45) is -0.141. The zero-order valence-electron chi connectivity index (χ0n) is 12.0. The van der Waals surface area contributed by atoms with Crippen LogP contribution in [0.5, 0.6) is 0 Å². The number of nitrogens with one attached hydrogen (secondary N) is 3. The molecule has 0 atom stereocenters. The van der Waals surface area contributed by atoms with Crippen LogP contribution in [-0.2, 0) is 14.6 Å². The van der Waals surface area contributed by atoms with Gasteiger partial charge in [0.15, 0.2) is 14.9 Å². The molecule has 21 heavy (non-hydrogen) atoms. The normalized spacial score (nSPS) is 10.8. The average molecular weight is 329 g/mol. The topological polar surface area (TPSA) is 87.3 Å². The van der Waals surface area contributed by atoms with Crippen LogP contribution in [0.15, 0.2) is 29.2 Å². The van der Waals surface area contributed by atoms with Gasteiger partial charge in [0.2, 0.25) is 5.91 Å². The minimum atomic E-state index is -3.46. The lowest BCUT2D eigenvalue weighted by Gasteiger charge is -2.10. The van der Waals surface area contributed by atoms with Gasteiger partial charge < -0.3 is 5.32 Å². The van der Waals surface area contributed by atoms with Crippen molar-refractivity contribution in [2.24, 2.45) is 0 Å². The van der Waals surface area contributed by atoms with E-state index in [-0.39, 0.29) is 22.2 Å². The van der Waals surface area contributed by atoms with Gasteiger partial charge in [-0.05, 0) is 38.2 Å². The van der Waals surface area contributed by atoms with Gasteiger partial charge in [-0.25, -0.2) is 8.42 Å². The van der Waals surface area contributed by atoms with Crippen molar-refractivity contribution >= 4 is 33.1 Å². The summed E-state index contributed by atoms with van der Waals surface area (Å²) in [5.74, 6) is -0.691. The van der Waals surface area contributed by atoms with Crippen molar-refractivity contribution in [3.8, 4) is 0 Å². The van der Waals surface area contributed by atoms with Crippen LogP contribution in [0.3, 0.4) is 0 Å². The van der Waals surface area contributed by atoms with Crippen LogP contribution >= 0.6 is 12.2 Å². The van der Waals surface area contributed by atoms with E-state index in [4.69, 9.17) is 12.2 Å². The summed E-state index contributed by atoms with van der Waals surface area (Å²) in [6.45, 7) is 4.37. The second-order valence-electron chi connectivity index (χ2n) is 4.41. The van der Waals surface area contributed by atoms with Crippen molar-refractivity contribution in [3.05, 3.63) is 29.8 Å². The highest BCUT2D eigenvalue weighted by molar-refractivity contribution is 7.91. The summed E-state index contributed by atoms with van der Waals surface area (Å²) >= 11 is 4.86. The summed E-state index contributed by atoms with van der Waals surface area (Å²) < 4.78 is 24.1. The maximum Gasteiger partial charge on any atom is 0.239 e. The van der Waals surface area contributed by atoms with Gasteiger partial charge in [-0.2, -0.15) is 0 Å². The Morgan fingerprint density at radius 3 is 2.38 bits per heavy atom. The van der Waals surface area contributed by atoms with E-state index in [2.05, 4.69) is 16.2 Å². The summed E-state index contributed by atoms with van der Waals surface area (Å²) in [5, 5.41) is 3.08. The molecule has 0 aliphatic heterocycles. The van der Waals surface area contributed by atoms with Gasteiger partial charge in [0, 0.05) is 13.0 Å². The Bertz CT molecular complexity index is 598. The van der Waals surface area contributed by atoms with Crippen molar-refractivity contribution in [1.29, 1.82) is 0 Å². The van der Waals surface area contributed by atoms with Crippen molar-refractivity contribution in [1.82, 2.24) is 16.2 Å². The molecular formula is C13H19N3O3S2. The van der Waals surface area contributed by atoms with Crippen LogP contribution in [0.25, 0.3) is 0 Å². The number of rotatable bonds is 5. The van der Waals surface area contributed by atoms with Crippen LogP contribution in [0.1, 0.15) is 18.9 Å². The van der Waals surface area contributed by atoms with E-state index in [0.29, 0.717) is 6.54 Å². The molecule has 1 amide bonds. The largest absolute Gasteiger partial charge is 0.362 e. The fourth-order valence-corrected chi connectivity index (χ4v) is 2.92. The Hall–Kier alpha value is -1.67. The fourth-order valence-electron chi connectivity index (χ4n) is 1.48. The van der Waals surface area contributed by atoms with Crippen molar-refractivity contribution < 1.29 is 13.2 Å². The van der Waals surface area contributed by atoms with Gasteiger partial charge in [-0.1, -0.05) is 17.7 Å². The number of sulfone groups is 1. The van der Waals surface area contributed by atoms with Gasteiger partial charge in [0.05, 0.1) is 10.6 Å². The summed E-state index contributed by atoms with van der Waals surface area (Å²) in [4.78, 5) is 11.8. The molecule has 1 aromatic carbocycles. The molecular weight excluding hydrogens is 310 g/mol. The number of carbonyl (C=O) groups is 1. The lowest BCUT2D eigenvalue weighted by molar-refractivity contribution is -0.121. The monoisotopic (exact) mass is 329 g/mol. The van der Waals surface area contributed by atoms with Crippen LogP contribution in [-0.4, -0.2) is 31.7 Å². The maximum atomic E-state index is 12.1. The second kappa shape index (κ2) is 7.94. The predicted octanol–water partition coefficient (Wildman–Crippen LogP) is 0.674. The first-order valence-corrected chi connectivity index (χ1v) is 8.53. The molecule has 116 valence electrons. The molecule has 0 aromatic heterocycles. The number of hydrogen-bond acceptors (Lipinski definition) is 4. The minimum absolute atomic E-state index is 0.141. The summed E-state index contributed by atoms with van der Waals surface area (Å²) in [5.41, 5.74) is 5.82. The Kier molecular flexibility index (Phi) is 6.57. The standard InChI is InChI=1S/C13H19N3O3S2/c1-3-14-13(20)16-15-12(17)8-9-21(18,19)11-6-4-10(2)5-7-11/h4-7H,3,8-9H2,1-2H3,(H,15,17)(H2,14,16,20). The van der Waals surface area contributed by atoms with E-state index in [1.54, 1.807) is 24.3 Å². The molecule has 3 N–H and O–H groups in total. The number of carbonyl (C=O) groups excluding carboxylic acids is 1. The van der Waals surface area contributed by atoms with Gasteiger partial charge in [0.25, 0.3) is 0 Å². The first kappa shape index (κ1) is 17.4. The van der Waals surface area contributed by atoms with Crippen LogP contribution in [0.4, 0.5) is 0 Å². The molecule has 0 saturated carbocycles. The molecule has 0 fully saturated rings. The smallest absolute Gasteiger partial charge is 0.239 e. The van der Waals surface area contributed by atoms with Gasteiger partial charge >= 0.3 is 0 Å². The van der Waals surface area contributed by atoms with E-state index in [1.165, 1.54) is 0 Å². The number of aryl methyl sites for hydroxylation is 1. The van der Waals surface area contributed by atoms with Gasteiger partial charge in [0.1, 0.15) is 0 Å². The fraction of sp³-hybridized carbons (Fsp3) is 0.385. The molecule has 0 heterocycles. The van der Waals surface area contributed by atoms with E-state index >= 15 is 0 Å². The van der Waals surface area contributed by atoms with Crippen molar-refractivity contribution in [2.45, 2.75) is 25.2 Å². The van der Waals surface area contributed by atoms with Crippen LogP contribution < -0.4 is 16.2 Å². The third-order valence-electron chi connectivity index (χ3n) is 2.63. The first-order valence-electron chi connectivity index (χ1n) is 6.47. The Morgan fingerprint density at radius 1 is 1.19 bits per heavy atom. The van der Waals surface area contributed by atoms with E-state index < -0.39 is 15.7 Å². The highest BCUT2D eigenvalue weighted by Crippen LogP contribution is 2.12. The molecule has 0 radical (unpaired) electrons. The highest BCUT2D eigenvalue weighted by atomic mass is 32.2. The Balaban J connectivity index is 2.48. The molecule has 1 rings (SSSR count). The lowest BCUT2D eigenvalue weighted by Crippen LogP contribution is -2.46. The van der Waals surface area contributed by atoms with Crippen LogP contribution in [0.2, 0.25) is 0 Å². The number of thiocarbonyl (C=S) groups is 1. The number of benzene rings is 1. The molecule has 0 bridgehead atoms. The number of amides is 1. The summed E-state index contributed by atoms with van der Waals surface area (Å²) in [7, 11) is -3.46. The average Bonchev–Trinajstić information content (AvgIpc) is 2.44. The van der Waals surface area contributed by atoms with Crippen LogP contribution in [0, 0.1) is 6.92 Å². The molecule has 0 aliphatic carbocycles. The molecule has 8 heteroatoms. The first-order chi connectivity index (χ1) is 9.85. The van der Waals surface area contributed by atoms with Crippen molar-refractivity contribution in [3.63, 3.8) is 0 Å². The number of hydrogen-bond donors (Lipinski definition) is 3. The minimum Gasteiger partial charge on any atom is -0.362 e. The number of hydrazine groups is 1. The third kappa shape index (κ3) is 6.09. The zero-order valence-corrected chi connectivity index (χ0v) is 13.6. The van der Waals surface area contributed by atoms with Gasteiger partial charge in [-0.15, -0.1) is 0 Å². The molecule has 1 aromatic rings. The zero-order chi connectivity index (χ0) is 15.9. The molecule has 0 spiro atoms. The van der Waals surface area contributed by atoms with E-state index in [1.807, 2.05) is 13.8 Å². The molecule has 0 unspecified atom stereocenters. The molecule has 6 nitrogen and oxygen atoms in total. The third-order valence-corrected chi connectivity index (χ3v) is 4.61. The summed E-state index contributed by atoms with van der Waals surface area (Å²) in [6, 6.07) is 6.54. The lowest BCUT2D eigenvalue weighted by atomic mass is 10.2. The predicted molar refractivity (Wildman–Crippen MR) is 85.4 cm³/mol. The van der Waals surface area contributed by atoms with E-state index in [0.717, 1.165) is 5.56 Å². The second-order valence-corrected chi connectivity index (χ2v) is 6.93. The van der Waals surface area contributed by atoms with E-state index in [9.17, 15) is 13.2 Å². The highest BCUT2D eigenvalue weighted by Gasteiger charge is 2.16. The van der Waals surface area contributed by atoms with Crippen molar-refractivity contribution in [2.75, 3.05) is 12.3 Å².